The molecule has 5 heterocycles. The van der Waals surface area contributed by atoms with Gasteiger partial charge in [-0.1, -0.05) is 12.7 Å². The van der Waals surface area contributed by atoms with Crippen molar-refractivity contribution in [2.75, 3.05) is 26.2 Å². The van der Waals surface area contributed by atoms with E-state index in [1.54, 1.807) is 0 Å². The quantitative estimate of drug-likeness (QED) is 0.525. The Morgan fingerprint density at radius 2 is 1.97 bits per heavy atom. The first-order valence-corrected chi connectivity index (χ1v) is 11.6. The lowest BCUT2D eigenvalue weighted by Crippen LogP contribution is -2.28. The molecule has 0 amide bonds. The normalized spacial score (nSPS) is 18.6. The van der Waals surface area contributed by atoms with Crippen LogP contribution in [0, 0.1) is 6.92 Å². The fraction of sp³-hybridized carbons (Fsp3) is 0.440. The van der Waals surface area contributed by atoms with Gasteiger partial charge in [0.1, 0.15) is 11.2 Å². The van der Waals surface area contributed by atoms with E-state index >= 15 is 0 Å². The number of likely N-dealkylation sites (tertiary alicyclic amines) is 1. The first-order chi connectivity index (χ1) is 15.2. The van der Waals surface area contributed by atoms with E-state index in [2.05, 4.69) is 63.2 Å². The van der Waals surface area contributed by atoms with E-state index in [0.29, 0.717) is 5.92 Å². The Balaban J connectivity index is 1.52. The summed E-state index contributed by atoms with van der Waals surface area (Å²) in [7, 11) is 0. The summed E-state index contributed by atoms with van der Waals surface area (Å²) in [6.07, 6.45) is 10.1. The van der Waals surface area contributed by atoms with Crippen molar-refractivity contribution in [3.8, 4) is 11.4 Å². The average Bonchev–Trinajstić information content (AvgIpc) is 3.41. The summed E-state index contributed by atoms with van der Waals surface area (Å²) >= 11 is 0. The second-order valence-corrected chi connectivity index (χ2v) is 8.79. The fourth-order valence-electron chi connectivity index (χ4n) is 5.01. The number of hydrogen-bond acceptors (Lipinski definition) is 4. The first kappa shape index (κ1) is 20.1. The van der Waals surface area contributed by atoms with Gasteiger partial charge in [0.25, 0.3) is 0 Å². The lowest BCUT2D eigenvalue weighted by molar-refractivity contribution is 0.326. The van der Waals surface area contributed by atoms with E-state index in [0.717, 1.165) is 67.1 Å². The van der Waals surface area contributed by atoms with Crippen molar-refractivity contribution >= 4 is 16.7 Å². The van der Waals surface area contributed by atoms with Gasteiger partial charge in [-0.2, -0.15) is 5.10 Å². The molecule has 0 saturated carbocycles. The largest absolute Gasteiger partial charge is 0.371 e. The number of rotatable bonds is 5. The van der Waals surface area contributed by atoms with Crippen molar-refractivity contribution in [3.05, 3.63) is 53.9 Å². The van der Waals surface area contributed by atoms with Crippen LogP contribution in [0.25, 0.3) is 28.1 Å². The average molecular weight is 417 g/mol. The van der Waals surface area contributed by atoms with Crippen molar-refractivity contribution in [2.45, 2.75) is 44.9 Å². The van der Waals surface area contributed by atoms with Gasteiger partial charge in [0, 0.05) is 41.7 Å². The predicted molar refractivity (Wildman–Crippen MR) is 127 cm³/mol. The summed E-state index contributed by atoms with van der Waals surface area (Å²) < 4.78 is 0. The molecule has 5 rings (SSSR count). The lowest BCUT2D eigenvalue weighted by atomic mass is 9.94. The molecule has 2 aliphatic heterocycles. The highest BCUT2D eigenvalue weighted by Crippen LogP contribution is 2.33. The van der Waals surface area contributed by atoms with Crippen LogP contribution in [0.1, 0.15) is 55.0 Å². The van der Waals surface area contributed by atoms with E-state index < -0.39 is 0 Å². The van der Waals surface area contributed by atoms with Gasteiger partial charge in [0.2, 0.25) is 0 Å². The highest BCUT2D eigenvalue weighted by atomic mass is 15.1. The summed E-state index contributed by atoms with van der Waals surface area (Å²) in [6.45, 7) is 10.4. The monoisotopic (exact) mass is 416 g/mol. The molecular weight excluding hydrogens is 384 g/mol. The molecule has 2 aliphatic rings. The molecule has 0 aliphatic carbocycles. The van der Waals surface area contributed by atoms with Gasteiger partial charge >= 0.3 is 0 Å². The number of allylic oxidation sites excluding steroid dienone is 2. The van der Waals surface area contributed by atoms with Gasteiger partial charge in [-0.25, -0.2) is 4.98 Å². The maximum Gasteiger partial charge on any atom is 0.135 e. The molecule has 162 valence electrons. The minimum absolute atomic E-state index is 0.524. The number of aryl methyl sites for hydroxylation is 1. The number of aromatic nitrogens is 4. The van der Waals surface area contributed by atoms with Gasteiger partial charge in [-0.15, -0.1) is 0 Å². The maximum atomic E-state index is 5.06. The van der Waals surface area contributed by atoms with E-state index in [-0.39, 0.29) is 0 Å². The number of hydrogen-bond donors (Lipinski definition) is 3. The highest BCUT2D eigenvalue weighted by Gasteiger charge is 2.22. The number of nitrogens with zero attached hydrogens (tertiary/aromatic N) is 3. The van der Waals surface area contributed by atoms with Crippen molar-refractivity contribution < 1.29 is 0 Å². The minimum Gasteiger partial charge on any atom is -0.371 e. The van der Waals surface area contributed by atoms with Gasteiger partial charge in [0.15, 0.2) is 0 Å². The van der Waals surface area contributed by atoms with Crippen LogP contribution >= 0.6 is 0 Å². The Morgan fingerprint density at radius 3 is 2.74 bits per heavy atom. The van der Waals surface area contributed by atoms with Crippen LogP contribution in [0.2, 0.25) is 0 Å². The third-order valence-corrected chi connectivity index (χ3v) is 6.71. The van der Waals surface area contributed by atoms with Crippen molar-refractivity contribution in [3.63, 3.8) is 0 Å². The molecule has 0 radical (unpaired) electrons. The molecule has 6 nitrogen and oxygen atoms in total. The van der Waals surface area contributed by atoms with Crippen LogP contribution in [-0.4, -0.2) is 51.2 Å². The van der Waals surface area contributed by atoms with Crippen LogP contribution in [-0.2, 0) is 0 Å². The van der Waals surface area contributed by atoms with E-state index in [1.165, 1.54) is 36.2 Å². The van der Waals surface area contributed by atoms with Crippen LogP contribution in [0.15, 0.2) is 36.9 Å². The molecule has 2 saturated heterocycles. The number of H-pyrrole nitrogens is 2. The summed E-state index contributed by atoms with van der Waals surface area (Å²) in [5, 5.41) is 11.3. The highest BCUT2D eigenvalue weighted by molar-refractivity contribution is 5.89. The molecule has 3 aromatic rings. The first-order valence-electron chi connectivity index (χ1n) is 11.6. The van der Waals surface area contributed by atoms with Crippen LogP contribution in [0.5, 0.6) is 0 Å². The summed E-state index contributed by atoms with van der Waals surface area (Å²) in [4.78, 5) is 11.1. The van der Waals surface area contributed by atoms with Crippen molar-refractivity contribution in [2.24, 2.45) is 0 Å². The summed E-state index contributed by atoms with van der Waals surface area (Å²) in [5.74, 6) is 0.524. The number of nitrogens with one attached hydrogen (secondary N) is 3. The molecule has 31 heavy (non-hydrogen) atoms. The Morgan fingerprint density at radius 1 is 1.16 bits per heavy atom. The van der Waals surface area contributed by atoms with Crippen molar-refractivity contribution in [1.82, 2.24) is 30.4 Å². The smallest absolute Gasteiger partial charge is 0.135 e. The zero-order chi connectivity index (χ0) is 21.2. The van der Waals surface area contributed by atoms with Crippen molar-refractivity contribution in [1.29, 1.82) is 0 Å². The van der Waals surface area contributed by atoms with Gasteiger partial charge in [-0.3, -0.25) is 5.10 Å². The molecule has 0 aromatic carbocycles. The lowest BCUT2D eigenvalue weighted by Gasteiger charge is -2.31. The predicted octanol–water partition coefficient (Wildman–Crippen LogP) is 4.74. The van der Waals surface area contributed by atoms with E-state index in [4.69, 9.17) is 4.98 Å². The van der Waals surface area contributed by atoms with E-state index in [9.17, 15) is 0 Å². The second kappa shape index (κ2) is 8.71. The van der Waals surface area contributed by atoms with Crippen LogP contribution < -0.4 is 5.32 Å². The molecule has 2 fully saturated rings. The molecule has 3 aromatic heterocycles. The molecule has 6 heteroatoms. The number of pyridine rings is 1. The van der Waals surface area contributed by atoms with Crippen LogP contribution in [0.4, 0.5) is 0 Å². The maximum absolute atomic E-state index is 5.06. The van der Waals surface area contributed by atoms with Gasteiger partial charge in [0.05, 0.1) is 11.2 Å². The topological polar surface area (TPSA) is 72.6 Å². The Bertz CT molecular complexity index is 1090. The van der Waals surface area contributed by atoms with E-state index in [1.807, 2.05) is 6.08 Å². The molecule has 0 bridgehead atoms. The molecule has 0 unspecified atom stereocenters. The Labute approximate surface area is 183 Å². The zero-order valence-corrected chi connectivity index (χ0v) is 18.4. The Kier molecular flexibility index (Phi) is 5.64. The zero-order valence-electron chi connectivity index (χ0n) is 18.4. The standard InChI is InChI=1S/C25H32N6/c1-3-7-23(31-14-5-4-6-15-31)19-16-22(27-17(19)2)25-24-21(29-30-25)9-8-20(28-24)18-10-12-26-13-11-18/h3,7-9,16,18,26-27H,1,4-6,10-15H2,2H3,(H,29,30)/b23-7+. The molecular formula is C25H32N6. The third-order valence-electron chi connectivity index (χ3n) is 6.71. The Hall–Kier alpha value is -2.86. The van der Waals surface area contributed by atoms with Gasteiger partial charge in [-0.05, 0) is 76.4 Å². The van der Waals surface area contributed by atoms with Crippen LogP contribution in [0.3, 0.4) is 0 Å². The minimum atomic E-state index is 0.524. The number of piperidine rings is 2. The summed E-state index contributed by atoms with van der Waals surface area (Å²) in [6, 6.07) is 6.52. The third kappa shape index (κ3) is 3.92. The SMILES string of the molecule is C=C/C=C(\c1cc(-c2n[nH]c3ccc(C4CCNCC4)nc23)[nH]c1C)N1CCCCC1. The second-order valence-electron chi connectivity index (χ2n) is 8.79. The summed E-state index contributed by atoms with van der Waals surface area (Å²) in [5.41, 5.74) is 8.66. The fourth-order valence-corrected chi connectivity index (χ4v) is 5.01. The number of fused-ring (bicyclic) bond motifs is 1. The molecule has 0 atom stereocenters. The van der Waals surface area contributed by atoms with Gasteiger partial charge < -0.3 is 15.2 Å². The molecule has 0 spiro atoms. The number of aromatic amines is 2. The molecule has 3 N–H and O–H groups in total.